The van der Waals surface area contributed by atoms with Crippen LogP contribution in [-0.2, 0) is 11.3 Å². The Hall–Kier alpha value is -3.82. The zero-order valence-corrected chi connectivity index (χ0v) is 20.3. The maximum Gasteiger partial charge on any atom is 0.218 e. The Kier molecular flexibility index (Phi) is 5.86. The van der Waals surface area contributed by atoms with Gasteiger partial charge < -0.3 is 5.73 Å². The summed E-state index contributed by atoms with van der Waals surface area (Å²) < 4.78 is 15.5. The van der Waals surface area contributed by atoms with Crippen molar-refractivity contribution in [3.63, 3.8) is 0 Å². The number of carbonyl (C=O) groups is 1. The summed E-state index contributed by atoms with van der Waals surface area (Å²) in [6, 6.07) is 14.9. The number of fused-ring (bicyclic) bond motifs is 1. The third-order valence-corrected chi connectivity index (χ3v) is 7.89. The van der Waals surface area contributed by atoms with Gasteiger partial charge in [0.15, 0.2) is 0 Å². The summed E-state index contributed by atoms with van der Waals surface area (Å²) in [5, 5.41) is 7.30. The Morgan fingerprint density at radius 2 is 1.94 bits per heavy atom. The van der Waals surface area contributed by atoms with Crippen molar-refractivity contribution in [2.75, 3.05) is 6.54 Å². The van der Waals surface area contributed by atoms with Crippen LogP contribution in [0.1, 0.15) is 24.1 Å². The van der Waals surface area contributed by atoms with Gasteiger partial charge in [0.05, 0.1) is 28.7 Å². The van der Waals surface area contributed by atoms with Crippen LogP contribution in [-0.4, -0.2) is 43.0 Å². The number of carbonyl (C=O) groups excluding carboxylic acids is 1. The molecule has 6 rings (SSSR count). The minimum atomic E-state index is -0.271. The molecule has 1 aromatic carbocycles. The molecule has 0 radical (unpaired) electrons. The fraction of sp³-hybridized carbons (Fsp3) is 0.222. The molecule has 5 heterocycles. The molecule has 1 amide bonds. The number of nitrogens with two attached hydrogens (primary N) is 1. The zero-order chi connectivity index (χ0) is 24.6. The summed E-state index contributed by atoms with van der Waals surface area (Å²) >= 11 is 1.75. The van der Waals surface area contributed by atoms with E-state index in [1.165, 1.54) is 17.0 Å². The molecule has 3 N–H and O–H groups in total. The van der Waals surface area contributed by atoms with E-state index in [4.69, 9.17) is 5.73 Å². The number of aromatic nitrogens is 4. The lowest BCUT2D eigenvalue weighted by molar-refractivity contribution is -0.119. The Balaban J connectivity index is 1.29. The van der Waals surface area contributed by atoms with E-state index in [2.05, 4.69) is 42.8 Å². The highest BCUT2D eigenvalue weighted by molar-refractivity contribution is 7.15. The van der Waals surface area contributed by atoms with Crippen LogP contribution in [0.3, 0.4) is 0 Å². The fourth-order valence-corrected chi connectivity index (χ4v) is 6.07. The Bertz CT molecular complexity index is 1540. The van der Waals surface area contributed by atoms with E-state index >= 15 is 0 Å². The van der Waals surface area contributed by atoms with Gasteiger partial charge in [-0.1, -0.05) is 0 Å². The highest BCUT2D eigenvalue weighted by Gasteiger charge is 2.26. The number of halogens is 1. The van der Waals surface area contributed by atoms with Gasteiger partial charge in [0.25, 0.3) is 0 Å². The number of hydrogen-bond acceptors (Lipinski definition) is 5. The van der Waals surface area contributed by atoms with Gasteiger partial charge >= 0.3 is 0 Å². The van der Waals surface area contributed by atoms with E-state index in [9.17, 15) is 9.18 Å². The second-order valence-corrected chi connectivity index (χ2v) is 10.3. The minimum Gasteiger partial charge on any atom is -0.370 e. The lowest BCUT2D eigenvalue weighted by Gasteiger charge is -2.22. The molecule has 1 saturated heterocycles. The number of primary amides is 1. The van der Waals surface area contributed by atoms with Gasteiger partial charge in [-0.3, -0.25) is 19.2 Å². The van der Waals surface area contributed by atoms with Crippen LogP contribution in [0.25, 0.3) is 38.6 Å². The molecule has 1 fully saturated rings. The van der Waals surface area contributed by atoms with Gasteiger partial charge in [-0.25, -0.2) is 9.37 Å². The molecular weight excluding hydrogens is 475 g/mol. The molecule has 7 nitrogen and oxygen atoms in total. The number of amides is 1. The number of thiophene rings is 1. The number of aromatic amines is 1. The van der Waals surface area contributed by atoms with Gasteiger partial charge in [0.1, 0.15) is 11.5 Å². The lowest BCUT2D eigenvalue weighted by Crippen LogP contribution is -2.32. The third kappa shape index (κ3) is 4.31. The van der Waals surface area contributed by atoms with Gasteiger partial charge in [-0.2, -0.15) is 5.10 Å². The van der Waals surface area contributed by atoms with E-state index in [1.807, 2.05) is 18.3 Å². The summed E-state index contributed by atoms with van der Waals surface area (Å²) in [7, 11) is 0. The van der Waals surface area contributed by atoms with Gasteiger partial charge in [-0.15, -0.1) is 11.3 Å². The molecule has 0 spiro atoms. The summed E-state index contributed by atoms with van der Waals surface area (Å²) in [6.45, 7) is 1.81. The molecule has 36 heavy (non-hydrogen) atoms. The standard InChI is InChI=1S/C27H25FN6OS/c28-19-6-3-17(4-7-19)27-22(13-31-32-27)18-5-10-26-30-14-23(34(26)15-18)24-9-8-21(36-24)16-33-11-1-2-20(33)12-25(29)35/h3-10,13-15,20H,1-2,11-12,16H2,(H2,29,35)(H,31,32)/t20-/m0/s1. The first-order valence-corrected chi connectivity index (χ1v) is 12.7. The predicted octanol–water partition coefficient (Wildman–Crippen LogP) is 5.10. The topological polar surface area (TPSA) is 92.3 Å². The molecule has 1 aliphatic heterocycles. The summed E-state index contributed by atoms with van der Waals surface area (Å²) in [5.41, 5.74) is 11.0. The maximum atomic E-state index is 13.4. The molecule has 4 aromatic heterocycles. The molecule has 1 aliphatic rings. The smallest absolute Gasteiger partial charge is 0.218 e. The monoisotopic (exact) mass is 500 g/mol. The molecule has 5 aromatic rings. The van der Waals surface area contributed by atoms with Crippen LogP contribution in [0.5, 0.6) is 0 Å². The first-order valence-electron chi connectivity index (χ1n) is 11.9. The number of pyridine rings is 1. The number of nitrogens with zero attached hydrogens (tertiary/aromatic N) is 4. The van der Waals surface area contributed by atoms with Crippen LogP contribution in [0.15, 0.2) is 67.1 Å². The molecule has 0 bridgehead atoms. The Morgan fingerprint density at radius 3 is 2.78 bits per heavy atom. The molecule has 9 heteroatoms. The van der Waals surface area contributed by atoms with E-state index in [1.54, 1.807) is 29.7 Å². The number of likely N-dealkylation sites (tertiary alicyclic amines) is 1. The molecule has 1 atom stereocenters. The third-order valence-electron chi connectivity index (χ3n) is 6.80. The lowest BCUT2D eigenvalue weighted by atomic mass is 10.0. The number of nitrogens with one attached hydrogen (secondary N) is 1. The first-order chi connectivity index (χ1) is 17.5. The molecular formula is C27H25FN6OS. The average Bonchev–Trinajstić information content (AvgIpc) is 3.66. The minimum absolute atomic E-state index is 0.233. The first kappa shape index (κ1) is 22.6. The van der Waals surface area contributed by atoms with Crippen molar-refractivity contribution in [2.24, 2.45) is 5.73 Å². The second-order valence-electron chi connectivity index (χ2n) is 9.16. The number of rotatable bonds is 7. The van der Waals surface area contributed by atoms with E-state index in [-0.39, 0.29) is 17.8 Å². The fourth-order valence-electron chi connectivity index (χ4n) is 5.03. The summed E-state index contributed by atoms with van der Waals surface area (Å²) in [5.74, 6) is -0.506. The molecule has 0 unspecified atom stereocenters. The van der Waals surface area contributed by atoms with Crippen LogP contribution in [0.4, 0.5) is 4.39 Å². The van der Waals surface area contributed by atoms with Crippen molar-refractivity contribution < 1.29 is 9.18 Å². The summed E-state index contributed by atoms with van der Waals surface area (Å²) in [6.07, 6.45) is 8.29. The van der Waals surface area contributed by atoms with Crippen molar-refractivity contribution in [1.29, 1.82) is 0 Å². The SMILES string of the molecule is NC(=O)C[C@@H]1CCCN1Cc1ccc(-c2cnc3ccc(-c4cn[nH]c4-c4ccc(F)cc4)cn23)s1. The molecule has 0 saturated carbocycles. The maximum absolute atomic E-state index is 13.4. The molecule has 182 valence electrons. The number of hydrogen-bond donors (Lipinski definition) is 2. The number of imidazole rings is 1. The van der Waals surface area contributed by atoms with E-state index < -0.39 is 0 Å². The van der Waals surface area contributed by atoms with Gasteiger partial charge in [0.2, 0.25) is 5.91 Å². The number of H-pyrrole nitrogens is 1. The van der Waals surface area contributed by atoms with Gasteiger partial charge in [-0.05, 0) is 67.9 Å². The Labute approximate surface area is 211 Å². The van der Waals surface area contributed by atoms with Gasteiger partial charge in [0, 0.05) is 46.8 Å². The highest BCUT2D eigenvalue weighted by Crippen LogP contribution is 2.34. The average molecular weight is 501 g/mol. The van der Waals surface area contributed by atoms with Crippen molar-refractivity contribution in [1.82, 2.24) is 24.5 Å². The predicted molar refractivity (Wildman–Crippen MR) is 139 cm³/mol. The van der Waals surface area contributed by atoms with Crippen LogP contribution in [0, 0.1) is 5.82 Å². The van der Waals surface area contributed by atoms with Crippen molar-refractivity contribution in [3.8, 4) is 33.0 Å². The molecule has 0 aliphatic carbocycles. The van der Waals surface area contributed by atoms with Crippen LogP contribution in [0.2, 0.25) is 0 Å². The number of benzene rings is 1. The second kappa shape index (κ2) is 9.33. The van der Waals surface area contributed by atoms with E-state index in [0.29, 0.717) is 6.42 Å². The largest absolute Gasteiger partial charge is 0.370 e. The highest BCUT2D eigenvalue weighted by atomic mass is 32.1. The van der Waals surface area contributed by atoms with Crippen molar-refractivity contribution >= 4 is 22.9 Å². The normalized spacial score (nSPS) is 16.2. The van der Waals surface area contributed by atoms with E-state index in [0.717, 1.165) is 64.5 Å². The quantitative estimate of drug-likeness (QED) is 0.325. The Morgan fingerprint density at radius 1 is 1.11 bits per heavy atom. The van der Waals surface area contributed by atoms with Crippen molar-refractivity contribution in [2.45, 2.75) is 31.8 Å². The van der Waals surface area contributed by atoms with Crippen LogP contribution >= 0.6 is 11.3 Å². The summed E-state index contributed by atoms with van der Waals surface area (Å²) in [4.78, 5) is 20.8. The van der Waals surface area contributed by atoms with Crippen LogP contribution < -0.4 is 5.73 Å². The van der Waals surface area contributed by atoms with Crippen molar-refractivity contribution in [3.05, 3.63) is 77.8 Å². The zero-order valence-electron chi connectivity index (χ0n) is 19.5.